The molecule has 0 unspecified atom stereocenters. The summed E-state index contributed by atoms with van der Waals surface area (Å²) in [6, 6.07) is 14.2. The Morgan fingerprint density at radius 1 is 1.00 bits per heavy atom. The Kier molecular flexibility index (Phi) is 4.33. The minimum atomic E-state index is -0.448. The molecule has 1 aromatic heterocycles. The lowest BCUT2D eigenvalue weighted by Crippen LogP contribution is -2.41. The van der Waals surface area contributed by atoms with Crippen molar-refractivity contribution in [3.63, 3.8) is 0 Å². The lowest BCUT2D eigenvalue weighted by atomic mass is 10.1. The minimum absolute atomic E-state index is 0.0557. The Labute approximate surface area is 155 Å². The Balaban J connectivity index is 1.45. The molecular weight excluding hydrogens is 344 g/mol. The lowest BCUT2D eigenvalue weighted by Gasteiger charge is -2.16. The number of aromatic nitrogens is 1. The van der Waals surface area contributed by atoms with E-state index in [-0.39, 0.29) is 5.91 Å². The molecule has 7 heteroatoms. The number of hydrazine groups is 1. The molecule has 3 amide bonds. The fourth-order valence-electron chi connectivity index (χ4n) is 3.25. The number of nitrogens with zero attached hydrogens (tertiary/aromatic N) is 1. The van der Waals surface area contributed by atoms with Crippen molar-refractivity contribution in [3.8, 4) is 0 Å². The van der Waals surface area contributed by atoms with Crippen LogP contribution in [0.1, 0.15) is 33.6 Å². The molecule has 136 valence electrons. The van der Waals surface area contributed by atoms with Gasteiger partial charge in [0.05, 0.1) is 5.56 Å². The van der Waals surface area contributed by atoms with Gasteiger partial charge in [-0.25, -0.2) is 0 Å². The highest BCUT2D eigenvalue weighted by Gasteiger charge is 2.22. The van der Waals surface area contributed by atoms with E-state index in [1.165, 1.54) is 0 Å². The number of hydrogen-bond acceptors (Lipinski definition) is 3. The van der Waals surface area contributed by atoms with Crippen LogP contribution in [-0.2, 0) is 4.79 Å². The summed E-state index contributed by atoms with van der Waals surface area (Å²) < 4.78 is 0. The molecule has 27 heavy (non-hydrogen) atoms. The fourth-order valence-corrected chi connectivity index (χ4v) is 3.25. The number of amides is 3. The first-order valence-electron chi connectivity index (χ1n) is 8.71. The van der Waals surface area contributed by atoms with E-state index in [1.807, 2.05) is 24.3 Å². The van der Waals surface area contributed by atoms with Crippen molar-refractivity contribution in [2.45, 2.75) is 12.8 Å². The maximum absolute atomic E-state index is 12.4. The lowest BCUT2D eigenvalue weighted by molar-refractivity contribution is -0.117. The van der Waals surface area contributed by atoms with Gasteiger partial charge in [0.25, 0.3) is 11.8 Å². The third-order valence-corrected chi connectivity index (χ3v) is 4.62. The molecule has 3 aromatic rings. The normalized spacial score (nSPS) is 13.8. The molecule has 1 aliphatic heterocycles. The van der Waals surface area contributed by atoms with E-state index < -0.39 is 11.8 Å². The summed E-state index contributed by atoms with van der Waals surface area (Å²) in [7, 11) is 0. The Morgan fingerprint density at radius 2 is 1.81 bits per heavy atom. The zero-order valence-corrected chi connectivity index (χ0v) is 14.5. The quantitative estimate of drug-likeness (QED) is 0.624. The Hall–Kier alpha value is -3.61. The molecule has 4 rings (SSSR count). The van der Waals surface area contributed by atoms with Gasteiger partial charge in [0.2, 0.25) is 5.91 Å². The number of H-pyrrole nitrogens is 1. The zero-order valence-electron chi connectivity index (χ0n) is 14.5. The van der Waals surface area contributed by atoms with Gasteiger partial charge in [0, 0.05) is 41.3 Å². The maximum Gasteiger partial charge on any atom is 0.271 e. The molecule has 0 saturated carbocycles. The molecule has 0 atom stereocenters. The molecule has 0 radical (unpaired) electrons. The third kappa shape index (κ3) is 3.27. The van der Waals surface area contributed by atoms with E-state index in [1.54, 1.807) is 35.4 Å². The van der Waals surface area contributed by atoms with Crippen LogP contribution in [0.5, 0.6) is 0 Å². The second-order valence-electron chi connectivity index (χ2n) is 6.36. The van der Waals surface area contributed by atoms with Crippen LogP contribution in [0.15, 0.2) is 54.7 Å². The molecule has 3 N–H and O–H groups in total. The summed E-state index contributed by atoms with van der Waals surface area (Å²) in [6.07, 6.45) is 2.94. The predicted octanol–water partition coefficient (Wildman–Crippen LogP) is 2.37. The van der Waals surface area contributed by atoms with E-state index in [9.17, 15) is 14.4 Å². The van der Waals surface area contributed by atoms with Gasteiger partial charge in [0.15, 0.2) is 0 Å². The summed E-state index contributed by atoms with van der Waals surface area (Å²) in [4.78, 5) is 41.3. The number of nitrogens with one attached hydrogen (secondary N) is 3. The van der Waals surface area contributed by atoms with Crippen molar-refractivity contribution >= 4 is 34.3 Å². The highest BCUT2D eigenvalue weighted by Crippen LogP contribution is 2.22. The average molecular weight is 362 g/mol. The van der Waals surface area contributed by atoms with Crippen molar-refractivity contribution < 1.29 is 14.4 Å². The predicted molar refractivity (Wildman–Crippen MR) is 101 cm³/mol. The van der Waals surface area contributed by atoms with Crippen LogP contribution in [0.2, 0.25) is 0 Å². The van der Waals surface area contributed by atoms with Crippen molar-refractivity contribution in [1.82, 2.24) is 15.8 Å². The van der Waals surface area contributed by atoms with Gasteiger partial charge in [-0.05, 0) is 30.7 Å². The van der Waals surface area contributed by atoms with Gasteiger partial charge in [-0.15, -0.1) is 0 Å². The van der Waals surface area contributed by atoms with Gasteiger partial charge >= 0.3 is 0 Å². The molecule has 1 fully saturated rings. The van der Waals surface area contributed by atoms with E-state index in [4.69, 9.17) is 0 Å². The minimum Gasteiger partial charge on any atom is -0.360 e. The van der Waals surface area contributed by atoms with Gasteiger partial charge in [-0.2, -0.15) is 0 Å². The maximum atomic E-state index is 12.4. The van der Waals surface area contributed by atoms with Crippen molar-refractivity contribution in [1.29, 1.82) is 0 Å². The first kappa shape index (κ1) is 16.8. The first-order chi connectivity index (χ1) is 13.1. The van der Waals surface area contributed by atoms with E-state index >= 15 is 0 Å². The fraction of sp³-hybridized carbons (Fsp3) is 0.150. The average Bonchev–Trinajstić information content (AvgIpc) is 3.32. The van der Waals surface area contributed by atoms with Gasteiger partial charge < -0.3 is 9.88 Å². The van der Waals surface area contributed by atoms with Crippen molar-refractivity contribution in [2.24, 2.45) is 0 Å². The molecule has 2 aromatic carbocycles. The third-order valence-electron chi connectivity index (χ3n) is 4.62. The number of para-hydroxylation sites is 1. The summed E-state index contributed by atoms with van der Waals surface area (Å²) in [6.45, 7) is 0.654. The van der Waals surface area contributed by atoms with Gasteiger partial charge in [-0.1, -0.05) is 24.3 Å². The van der Waals surface area contributed by atoms with Crippen LogP contribution < -0.4 is 15.8 Å². The topological polar surface area (TPSA) is 94.3 Å². The second kappa shape index (κ2) is 6.95. The number of benzene rings is 2. The van der Waals surface area contributed by atoms with Crippen LogP contribution >= 0.6 is 0 Å². The molecule has 2 heterocycles. The van der Waals surface area contributed by atoms with Crippen molar-refractivity contribution in [2.75, 3.05) is 11.4 Å². The molecule has 1 aliphatic rings. The molecule has 1 saturated heterocycles. The van der Waals surface area contributed by atoms with E-state index in [0.29, 0.717) is 29.8 Å². The summed E-state index contributed by atoms with van der Waals surface area (Å²) in [5.74, 6) is -0.802. The highest BCUT2D eigenvalue weighted by atomic mass is 16.2. The number of carbonyl (C=O) groups excluding carboxylic acids is 3. The van der Waals surface area contributed by atoms with Crippen LogP contribution in [-0.4, -0.2) is 29.3 Å². The molecule has 7 nitrogen and oxygen atoms in total. The monoisotopic (exact) mass is 362 g/mol. The van der Waals surface area contributed by atoms with Gasteiger partial charge in [-0.3, -0.25) is 25.2 Å². The largest absolute Gasteiger partial charge is 0.360 e. The van der Waals surface area contributed by atoms with Crippen LogP contribution in [0.4, 0.5) is 5.69 Å². The van der Waals surface area contributed by atoms with Crippen LogP contribution in [0.3, 0.4) is 0 Å². The number of aromatic amines is 1. The summed E-state index contributed by atoms with van der Waals surface area (Å²) in [5.41, 5.74) is 7.21. The smallest absolute Gasteiger partial charge is 0.271 e. The highest BCUT2D eigenvalue weighted by molar-refractivity contribution is 6.07. The second-order valence-corrected chi connectivity index (χ2v) is 6.36. The Morgan fingerprint density at radius 3 is 2.63 bits per heavy atom. The molecule has 0 spiro atoms. The number of fused-ring (bicyclic) bond motifs is 1. The molecular formula is C20H18N4O3. The van der Waals surface area contributed by atoms with Crippen LogP contribution in [0.25, 0.3) is 10.9 Å². The standard InChI is InChI=1S/C20H18N4O3/c25-18-9-4-10-24(18)14-6-3-5-13(11-14)19(26)22-23-20(27)16-12-21-17-8-2-1-7-15(16)17/h1-3,5-8,11-12,21H,4,9-10H2,(H,22,26)(H,23,27). The molecule has 0 bridgehead atoms. The SMILES string of the molecule is O=C(NNC(=O)c1c[nH]c2ccccc12)c1cccc(N2CCCC2=O)c1. The van der Waals surface area contributed by atoms with Crippen LogP contribution in [0, 0.1) is 0 Å². The van der Waals surface area contributed by atoms with E-state index in [0.717, 1.165) is 17.3 Å². The number of anilines is 1. The molecule has 0 aliphatic carbocycles. The van der Waals surface area contributed by atoms with E-state index in [2.05, 4.69) is 15.8 Å². The number of carbonyl (C=O) groups is 3. The first-order valence-corrected chi connectivity index (χ1v) is 8.71. The Bertz CT molecular complexity index is 1040. The summed E-state index contributed by atoms with van der Waals surface area (Å²) >= 11 is 0. The number of hydrogen-bond donors (Lipinski definition) is 3. The van der Waals surface area contributed by atoms with Gasteiger partial charge in [0.1, 0.15) is 0 Å². The number of rotatable bonds is 3. The zero-order chi connectivity index (χ0) is 18.8. The van der Waals surface area contributed by atoms with Crippen molar-refractivity contribution in [3.05, 3.63) is 65.9 Å². The summed E-state index contributed by atoms with van der Waals surface area (Å²) in [5, 5.41) is 0.777.